The Balaban J connectivity index is 1.81. The van der Waals surface area contributed by atoms with Gasteiger partial charge in [-0.05, 0) is 44.2 Å². The number of hydrogen-bond donors (Lipinski definition) is 0. The van der Waals surface area contributed by atoms with Crippen LogP contribution in [-0.4, -0.2) is 55.1 Å². The molecular weight excluding hydrogens is 322 g/mol. The second kappa shape index (κ2) is 7.82. The monoisotopic (exact) mass is 347 g/mol. The maximum absolute atomic E-state index is 12.7. The van der Waals surface area contributed by atoms with Gasteiger partial charge in [0.1, 0.15) is 5.56 Å². The number of hydrogen-bond acceptors (Lipinski definition) is 5. The maximum atomic E-state index is 12.7. The standard InChI is InChI=1S/C18H25N3O4/c1-19(13-15-6-2-5-11-25-15)14-7-8-17(21(23)24)16(12-14)18(22)20-9-3-4-10-20/h7-8,12,15H,2-6,9-11,13H2,1H3. The van der Waals surface area contributed by atoms with Gasteiger partial charge in [-0.3, -0.25) is 14.9 Å². The average molecular weight is 347 g/mol. The second-order valence-electron chi connectivity index (χ2n) is 6.83. The lowest BCUT2D eigenvalue weighted by Gasteiger charge is -2.29. The van der Waals surface area contributed by atoms with Gasteiger partial charge in [-0.25, -0.2) is 0 Å². The first kappa shape index (κ1) is 17.7. The van der Waals surface area contributed by atoms with E-state index in [2.05, 4.69) is 0 Å². The quantitative estimate of drug-likeness (QED) is 0.605. The number of carbonyl (C=O) groups excluding carboxylic acids is 1. The molecule has 2 aliphatic heterocycles. The zero-order valence-electron chi connectivity index (χ0n) is 14.6. The van der Waals surface area contributed by atoms with Crippen molar-refractivity contribution in [3.05, 3.63) is 33.9 Å². The molecule has 2 fully saturated rings. The third-order valence-electron chi connectivity index (χ3n) is 4.99. The Hall–Kier alpha value is -2.15. The molecule has 1 amide bonds. The number of rotatable bonds is 5. The van der Waals surface area contributed by atoms with Crippen molar-refractivity contribution in [3.63, 3.8) is 0 Å². The summed E-state index contributed by atoms with van der Waals surface area (Å²) in [6, 6.07) is 4.81. The molecule has 0 aromatic heterocycles. The van der Waals surface area contributed by atoms with Gasteiger partial charge in [-0.1, -0.05) is 0 Å². The van der Waals surface area contributed by atoms with E-state index in [1.165, 1.54) is 6.07 Å². The SMILES string of the molecule is CN(CC1CCCCO1)c1ccc([N+](=O)[O-])c(C(=O)N2CCCC2)c1. The summed E-state index contributed by atoms with van der Waals surface area (Å²) in [4.78, 5) is 27.3. The van der Waals surface area contributed by atoms with E-state index in [0.29, 0.717) is 13.1 Å². The first-order chi connectivity index (χ1) is 12.1. The Kier molecular flexibility index (Phi) is 5.53. The van der Waals surface area contributed by atoms with Gasteiger partial charge in [0.05, 0.1) is 11.0 Å². The molecule has 1 unspecified atom stereocenters. The largest absolute Gasteiger partial charge is 0.376 e. The first-order valence-electron chi connectivity index (χ1n) is 8.96. The van der Waals surface area contributed by atoms with Crippen LogP contribution in [0, 0.1) is 10.1 Å². The molecule has 7 nitrogen and oxygen atoms in total. The van der Waals surface area contributed by atoms with Crippen molar-refractivity contribution in [3.8, 4) is 0 Å². The summed E-state index contributed by atoms with van der Waals surface area (Å²) in [5.41, 5.74) is 0.867. The molecule has 2 aliphatic rings. The van der Waals surface area contributed by atoms with Crippen LogP contribution in [0.25, 0.3) is 0 Å². The Bertz CT molecular complexity index is 637. The number of likely N-dealkylation sites (tertiary alicyclic amines) is 1. The lowest BCUT2D eigenvalue weighted by Crippen LogP contribution is -2.33. The summed E-state index contributed by atoms with van der Waals surface area (Å²) in [6.45, 7) is 2.85. The highest BCUT2D eigenvalue weighted by atomic mass is 16.6. The van der Waals surface area contributed by atoms with Gasteiger partial charge >= 0.3 is 0 Å². The normalized spacial score (nSPS) is 20.5. The molecule has 25 heavy (non-hydrogen) atoms. The lowest BCUT2D eigenvalue weighted by atomic mass is 10.1. The summed E-state index contributed by atoms with van der Waals surface area (Å²) in [6.07, 6.45) is 5.38. The van der Waals surface area contributed by atoms with Crippen LogP contribution in [0.3, 0.4) is 0 Å². The fraction of sp³-hybridized carbons (Fsp3) is 0.611. The van der Waals surface area contributed by atoms with Crippen molar-refractivity contribution in [2.24, 2.45) is 0 Å². The molecule has 2 heterocycles. The van der Waals surface area contributed by atoms with Gasteiger partial charge in [-0.15, -0.1) is 0 Å². The number of amides is 1. The fourth-order valence-corrected chi connectivity index (χ4v) is 3.54. The zero-order valence-corrected chi connectivity index (χ0v) is 14.6. The van der Waals surface area contributed by atoms with Crippen LogP contribution >= 0.6 is 0 Å². The highest BCUT2D eigenvalue weighted by Gasteiger charge is 2.27. The maximum Gasteiger partial charge on any atom is 0.282 e. The summed E-state index contributed by atoms with van der Waals surface area (Å²) in [5, 5.41) is 11.3. The molecule has 0 radical (unpaired) electrons. The third-order valence-corrected chi connectivity index (χ3v) is 4.99. The summed E-state index contributed by atoms with van der Waals surface area (Å²) < 4.78 is 5.77. The number of benzene rings is 1. The van der Waals surface area contributed by atoms with E-state index in [4.69, 9.17) is 4.74 Å². The fourth-order valence-electron chi connectivity index (χ4n) is 3.54. The van der Waals surface area contributed by atoms with Gasteiger partial charge in [0.25, 0.3) is 11.6 Å². The molecule has 3 rings (SSSR count). The van der Waals surface area contributed by atoms with Crippen LogP contribution in [0.4, 0.5) is 11.4 Å². The van der Waals surface area contributed by atoms with Crippen molar-refractivity contribution in [2.45, 2.75) is 38.2 Å². The molecule has 0 saturated carbocycles. The third kappa shape index (κ3) is 4.10. The van der Waals surface area contributed by atoms with Gasteiger partial charge in [0.2, 0.25) is 0 Å². The van der Waals surface area contributed by atoms with Gasteiger partial charge in [0, 0.05) is 45.0 Å². The van der Waals surface area contributed by atoms with E-state index < -0.39 is 4.92 Å². The van der Waals surface area contributed by atoms with Gasteiger partial charge < -0.3 is 14.5 Å². The minimum Gasteiger partial charge on any atom is -0.376 e. The van der Waals surface area contributed by atoms with Gasteiger partial charge in [-0.2, -0.15) is 0 Å². The highest BCUT2D eigenvalue weighted by molar-refractivity contribution is 5.99. The van der Waals surface area contributed by atoms with Crippen LogP contribution in [0.15, 0.2) is 18.2 Å². The molecule has 1 atom stereocenters. The first-order valence-corrected chi connectivity index (χ1v) is 8.96. The average Bonchev–Trinajstić information content (AvgIpc) is 3.16. The minimum atomic E-state index is -0.475. The zero-order chi connectivity index (χ0) is 17.8. The summed E-state index contributed by atoms with van der Waals surface area (Å²) in [5.74, 6) is -0.242. The van der Waals surface area contributed by atoms with Crippen LogP contribution in [0.5, 0.6) is 0 Å². The molecule has 1 aromatic carbocycles. The van der Waals surface area contributed by atoms with Crippen molar-refractivity contribution < 1.29 is 14.5 Å². The molecule has 7 heteroatoms. The van der Waals surface area contributed by atoms with E-state index in [1.807, 2.05) is 11.9 Å². The molecule has 0 spiro atoms. The van der Waals surface area contributed by atoms with E-state index in [0.717, 1.165) is 50.9 Å². The molecule has 136 valence electrons. The van der Waals surface area contributed by atoms with Crippen LogP contribution in [0.2, 0.25) is 0 Å². The number of nitro benzene ring substituents is 1. The number of ether oxygens (including phenoxy) is 1. The highest BCUT2D eigenvalue weighted by Crippen LogP contribution is 2.28. The van der Waals surface area contributed by atoms with Crippen LogP contribution in [0.1, 0.15) is 42.5 Å². The smallest absolute Gasteiger partial charge is 0.282 e. The van der Waals surface area contributed by atoms with Crippen LogP contribution in [-0.2, 0) is 4.74 Å². The van der Waals surface area contributed by atoms with E-state index in [1.54, 1.807) is 17.0 Å². The van der Waals surface area contributed by atoms with Crippen molar-refractivity contribution in [2.75, 3.05) is 38.2 Å². The molecule has 0 bridgehead atoms. The molecule has 0 N–H and O–H groups in total. The van der Waals surface area contributed by atoms with E-state index in [-0.39, 0.29) is 23.3 Å². The number of nitro groups is 1. The molecule has 0 aliphatic carbocycles. The number of anilines is 1. The van der Waals surface area contributed by atoms with E-state index >= 15 is 0 Å². The molecule has 1 aromatic rings. The van der Waals surface area contributed by atoms with Crippen molar-refractivity contribution >= 4 is 17.3 Å². The second-order valence-corrected chi connectivity index (χ2v) is 6.83. The molecular formula is C18H25N3O4. The number of likely N-dealkylation sites (N-methyl/N-ethyl adjacent to an activating group) is 1. The summed E-state index contributed by atoms with van der Waals surface area (Å²) >= 11 is 0. The Morgan fingerprint density at radius 1 is 1.32 bits per heavy atom. The van der Waals surface area contributed by atoms with Crippen molar-refractivity contribution in [1.82, 2.24) is 4.90 Å². The number of nitrogens with zero attached hydrogens (tertiary/aromatic N) is 3. The predicted octanol–water partition coefficient (Wildman–Crippen LogP) is 2.84. The Labute approximate surface area is 147 Å². The van der Waals surface area contributed by atoms with E-state index in [9.17, 15) is 14.9 Å². The predicted molar refractivity (Wildman–Crippen MR) is 95.1 cm³/mol. The molecule has 2 saturated heterocycles. The Morgan fingerprint density at radius 3 is 2.72 bits per heavy atom. The Morgan fingerprint density at radius 2 is 2.08 bits per heavy atom. The van der Waals surface area contributed by atoms with Crippen LogP contribution < -0.4 is 4.90 Å². The van der Waals surface area contributed by atoms with Gasteiger partial charge in [0.15, 0.2) is 0 Å². The van der Waals surface area contributed by atoms with Crippen molar-refractivity contribution in [1.29, 1.82) is 0 Å². The topological polar surface area (TPSA) is 75.9 Å². The minimum absolute atomic E-state index is 0.122. The number of carbonyl (C=O) groups is 1. The summed E-state index contributed by atoms with van der Waals surface area (Å²) in [7, 11) is 1.93. The lowest BCUT2D eigenvalue weighted by molar-refractivity contribution is -0.385.